The molecule has 7 nitrogen and oxygen atoms in total. The average molecular weight is 464 g/mol. The number of aliphatic hydroxyl groups excluding tert-OH is 1. The predicted octanol–water partition coefficient (Wildman–Crippen LogP) is 5.21. The topological polar surface area (TPSA) is 100.0 Å². The number of carbonyl (C=O) groups is 2. The van der Waals surface area contributed by atoms with Crippen molar-refractivity contribution in [2.45, 2.75) is 6.04 Å². The molecule has 7 heteroatoms. The molecular weight excluding hydrogens is 444 g/mol. The monoisotopic (exact) mass is 464 g/mol. The first-order valence-electron chi connectivity index (χ1n) is 10.9. The maximum Gasteiger partial charge on any atom is 0.300 e. The van der Waals surface area contributed by atoms with Crippen molar-refractivity contribution in [1.82, 2.24) is 4.98 Å². The quantitative estimate of drug-likeness (QED) is 0.239. The van der Waals surface area contributed by atoms with Gasteiger partial charge in [0.05, 0.1) is 11.6 Å². The van der Waals surface area contributed by atoms with Crippen LogP contribution in [0, 0.1) is 0 Å². The van der Waals surface area contributed by atoms with Gasteiger partial charge in [0.1, 0.15) is 23.0 Å². The summed E-state index contributed by atoms with van der Waals surface area (Å²) in [5, 5.41) is 20.8. The molecule has 2 heterocycles. The summed E-state index contributed by atoms with van der Waals surface area (Å²) in [6, 6.07) is 24.5. The summed E-state index contributed by atoms with van der Waals surface area (Å²) < 4.78 is 5.83. The minimum Gasteiger partial charge on any atom is -0.508 e. The van der Waals surface area contributed by atoms with E-state index >= 15 is 0 Å². The van der Waals surface area contributed by atoms with Gasteiger partial charge in [0, 0.05) is 23.6 Å². The minimum absolute atomic E-state index is 0.0437. The maximum absolute atomic E-state index is 13.2. The van der Waals surface area contributed by atoms with Gasteiger partial charge in [-0.1, -0.05) is 30.3 Å². The molecule has 0 spiro atoms. The summed E-state index contributed by atoms with van der Waals surface area (Å²) >= 11 is 0. The molecule has 1 amide bonds. The van der Waals surface area contributed by atoms with E-state index in [9.17, 15) is 19.8 Å². The van der Waals surface area contributed by atoms with E-state index in [0.717, 1.165) is 0 Å². The van der Waals surface area contributed by atoms with Crippen molar-refractivity contribution >= 4 is 23.1 Å². The molecule has 3 aromatic carbocycles. The van der Waals surface area contributed by atoms with Crippen molar-refractivity contribution < 1.29 is 24.5 Å². The SMILES string of the molecule is O=C1C(=O)N(c2ccc(Oc3ccccc3)cc2)C(c2ccc(O)cc2)/C1=C(/O)c1ccncc1. The second kappa shape index (κ2) is 9.15. The third-order valence-electron chi connectivity index (χ3n) is 5.70. The number of phenolic OH excluding ortho intramolecular Hbond substituents is 1. The van der Waals surface area contributed by atoms with E-state index in [1.54, 1.807) is 48.5 Å². The van der Waals surface area contributed by atoms with Crippen LogP contribution in [-0.4, -0.2) is 26.9 Å². The lowest BCUT2D eigenvalue weighted by atomic mass is 9.95. The number of carbonyl (C=O) groups excluding carboxylic acids is 2. The van der Waals surface area contributed by atoms with Gasteiger partial charge in [0.25, 0.3) is 11.7 Å². The molecule has 0 saturated carbocycles. The van der Waals surface area contributed by atoms with Crippen LogP contribution in [0.5, 0.6) is 17.2 Å². The molecule has 4 aromatic rings. The van der Waals surface area contributed by atoms with Crippen LogP contribution in [0.4, 0.5) is 5.69 Å². The number of amides is 1. The van der Waals surface area contributed by atoms with Gasteiger partial charge < -0.3 is 14.9 Å². The number of aliphatic hydroxyl groups is 1. The Bertz CT molecular complexity index is 1400. The zero-order chi connectivity index (χ0) is 24.4. The van der Waals surface area contributed by atoms with Gasteiger partial charge in [0.2, 0.25) is 0 Å². The summed E-state index contributed by atoms with van der Waals surface area (Å²) in [6.45, 7) is 0. The van der Waals surface area contributed by atoms with Crippen molar-refractivity contribution in [1.29, 1.82) is 0 Å². The molecule has 1 aliphatic rings. The number of ether oxygens (including phenoxy) is 1. The maximum atomic E-state index is 13.2. The molecule has 0 radical (unpaired) electrons. The number of nitrogens with zero attached hydrogens (tertiary/aromatic N) is 2. The number of para-hydroxylation sites is 1. The zero-order valence-electron chi connectivity index (χ0n) is 18.4. The van der Waals surface area contributed by atoms with Gasteiger partial charge in [-0.05, 0) is 66.2 Å². The van der Waals surface area contributed by atoms with Gasteiger partial charge in [0.15, 0.2) is 0 Å². The standard InChI is InChI=1S/C28H20N2O5/c31-21-10-6-18(7-11-21)25-24(26(32)19-14-16-29-17-15-19)27(33)28(34)30(25)20-8-12-23(13-9-20)35-22-4-2-1-3-5-22/h1-17,25,31-32H/b26-24-. The normalized spacial score (nSPS) is 16.9. The Balaban J connectivity index is 1.58. The third-order valence-corrected chi connectivity index (χ3v) is 5.70. The number of pyridine rings is 1. The molecule has 1 fully saturated rings. The van der Waals surface area contributed by atoms with Crippen LogP contribution in [0.1, 0.15) is 17.2 Å². The fourth-order valence-electron chi connectivity index (χ4n) is 4.04. The summed E-state index contributed by atoms with van der Waals surface area (Å²) in [4.78, 5) is 31.7. The zero-order valence-corrected chi connectivity index (χ0v) is 18.4. The summed E-state index contributed by atoms with van der Waals surface area (Å²) in [5.41, 5.74) is 1.34. The highest BCUT2D eigenvalue weighted by atomic mass is 16.5. The number of rotatable bonds is 5. The summed E-state index contributed by atoms with van der Waals surface area (Å²) in [6.07, 6.45) is 2.98. The highest BCUT2D eigenvalue weighted by Crippen LogP contribution is 2.42. The number of hydrogen-bond acceptors (Lipinski definition) is 6. The molecule has 0 bridgehead atoms. The van der Waals surface area contributed by atoms with Crippen molar-refractivity contribution in [2.75, 3.05) is 4.90 Å². The fourth-order valence-corrected chi connectivity index (χ4v) is 4.04. The summed E-state index contributed by atoms with van der Waals surface area (Å²) in [5.74, 6) is -0.591. The minimum atomic E-state index is -0.898. The Kier molecular flexibility index (Phi) is 5.73. The number of benzene rings is 3. The van der Waals surface area contributed by atoms with Crippen molar-refractivity contribution in [3.05, 3.63) is 120 Å². The van der Waals surface area contributed by atoms with Crippen LogP contribution in [0.2, 0.25) is 0 Å². The number of aromatic hydroxyl groups is 1. The highest BCUT2D eigenvalue weighted by Gasteiger charge is 2.47. The lowest BCUT2D eigenvalue weighted by molar-refractivity contribution is -0.132. The van der Waals surface area contributed by atoms with E-state index in [0.29, 0.717) is 28.3 Å². The fraction of sp³-hybridized carbons (Fsp3) is 0.0357. The highest BCUT2D eigenvalue weighted by molar-refractivity contribution is 6.51. The van der Waals surface area contributed by atoms with Crippen LogP contribution in [0.3, 0.4) is 0 Å². The largest absolute Gasteiger partial charge is 0.508 e. The van der Waals surface area contributed by atoms with E-state index in [-0.39, 0.29) is 17.1 Å². The molecule has 1 aromatic heterocycles. The smallest absolute Gasteiger partial charge is 0.300 e. The Hall–Kier alpha value is -4.91. The number of phenols is 1. The van der Waals surface area contributed by atoms with Gasteiger partial charge in [-0.25, -0.2) is 0 Å². The molecule has 1 unspecified atom stereocenters. The van der Waals surface area contributed by atoms with Gasteiger partial charge in [-0.15, -0.1) is 0 Å². The van der Waals surface area contributed by atoms with Crippen LogP contribution in [0.25, 0.3) is 5.76 Å². The Morgan fingerprint density at radius 3 is 2.09 bits per heavy atom. The lowest BCUT2D eigenvalue weighted by Gasteiger charge is -2.25. The van der Waals surface area contributed by atoms with Crippen molar-refractivity contribution in [2.24, 2.45) is 0 Å². The number of hydrogen-bond donors (Lipinski definition) is 2. The molecule has 5 rings (SSSR count). The number of Topliss-reactive ketones (excluding diaryl/α,β-unsaturated/α-hetero) is 1. The van der Waals surface area contributed by atoms with Crippen molar-refractivity contribution in [3.8, 4) is 17.2 Å². The summed E-state index contributed by atoms with van der Waals surface area (Å²) in [7, 11) is 0. The van der Waals surface area contributed by atoms with Crippen LogP contribution < -0.4 is 9.64 Å². The molecular formula is C28H20N2O5. The Labute approximate surface area is 201 Å². The molecule has 0 aliphatic carbocycles. The second-order valence-electron chi connectivity index (χ2n) is 7.91. The van der Waals surface area contributed by atoms with Crippen LogP contribution >= 0.6 is 0 Å². The number of aromatic nitrogens is 1. The molecule has 1 saturated heterocycles. The molecule has 2 N–H and O–H groups in total. The van der Waals surface area contributed by atoms with E-state index in [1.807, 2.05) is 30.3 Å². The third kappa shape index (κ3) is 4.22. The number of anilines is 1. The molecule has 1 aliphatic heterocycles. The van der Waals surface area contributed by atoms with Crippen molar-refractivity contribution in [3.63, 3.8) is 0 Å². The molecule has 35 heavy (non-hydrogen) atoms. The second-order valence-corrected chi connectivity index (χ2v) is 7.91. The van der Waals surface area contributed by atoms with E-state index in [1.165, 1.54) is 29.4 Å². The Morgan fingerprint density at radius 1 is 0.800 bits per heavy atom. The van der Waals surface area contributed by atoms with E-state index in [4.69, 9.17) is 4.74 Å². The Morgan fingerprint density at radius 2 is 1.43 bits per heavy atom. The van der Waals surface area contributed by atoms with Gasteiger partial charge in [-0.3, -0.25) is 19.5 Å². The molecule has 172 valence electrons. The van der Waals surface area contributed by atoms with Crippen LogP contribution in [0.15, 0.2) is 109 Å². The van der Waals surface area contributed by atoms with E-state index < -0.39 is 17.7 Å². The lowest BCUT2D eigenvalue weighted by Crippen LogP contribution is -2.29. The van der Waals surface area contributed by atoms with E-state index in [2.05, 4.69) is 4.98 Å². The van der Waals surface area contributed by atoms with Gasteiger partial charge >= 0.3 is 0 Å². The number of ketones is 1. The first-order chi connectivity index (χ1) is 17.0. The van der Waals surface area contributed by atoms with Gasteiger partial charge in [-0.2, -0.15) is 0 Å². The predicted molar refractivity (Wildman–Crippen MR) is 130 cm³/mol. The first-order valence-corrected chi connectivity index (χ1v) is 10.9. The van der Waals surface area contributed by atoms with Crippen LogP contribution in [-0.2, 0) is 9.59 Å². The average Bonchev–Trinajstić information content (AvgIpc) is 3.16. The molecule has 1 atom stereocenters. The first kappa shape index (κ1) is 21.9.